The highest BCUT2D eigenvalue weighted by Gasteiger charge is 2.78. The first-order valence-electron chi connectivity index (χ1n) is 13.6. The lowest BCUT2D eigenvalue weighted by Crippen LogP contribution is -2.60. The molecule has 2 bridgehead atoms. The van der Waals surface area contributed by atoms with Crippen LogP contribution in [0.2, 0.25) is 0 Å². The van der Waals surface area contributed by atoms with Crippen LogP contribution in [0, 0.1) is 17.8 Å². The summed E-state index contributed by atoms with van der Waals surface area (Å²) in [5, 5.41) is 10.4. The number of likely N-dealkylation sites (tertiary alicyclic amines) is 1. The molecule has 3 saturated heterocycles. The zero-order chi connectivity index (χ0) is 28.7. The van der Waals surface area contributed by atoms with Crippen molar-refractivity contribution in [3.63, 3.8) is 0 Å². The molecule has 212 valence electrons. The maximum Gasteiger partial charge on any atom is 0.253 e. The molecule has 0 saturated carbocycles. The molecule has 1 aromatic carbocycles. The summed E-state index contributed by atoms with van der Waals surface area (Å²) >= 11 is 0. The van der Waals surface area contributed by atoms with E-state index in [1.807, 2.05) is 20.8 Å². The summed E-state index contributed by atoms with van der Waals surface area (Å²) in [5.74, 6) is -1.91. The highest BCUT2D eigenvalue weighted by molar-refractivity contribution is 6.05. The van der Waals surface area contributed by atoms with Gasteiger partial charge in [0.15, 0.2) is 0 Å². The van der Waals surface area contributed by atoms with Gasteiger partial charge in [0.2, 0.25) is 11.8 Å². The Kier molecular flexibility index (Phi) is 7.96. The van der Waals surface area contributed by atoms with Crippen LogP contribution in [-0.2, 0) is 19.1 Å². The number of benzene rings is 1. The number of rotatable bonds is 11. The van der Waals surface area contributed by atoms with Gasteiger partial charge in [0.1, 0.15) is 17.4 Å². The van der Waals surface area contributed by atoms with E-state index in [0.29, 0.717) is 30.8 Å². The quantitative estimate of drug-likeness (QED) is 0.434. The van der Waals surface area contributed by atoms with Gasteiger partial charge in [0, 0.05) is 25.8 Å². The Morgan fingerprint density at radius 2 is 1.82 bits per heavy atom. The van der Waals surface area contributed by atoms with Crippen molar-refractivity contribution < 1.29 is 29.0 Å². The molecule has 1 spiro atoms. The van der Waals surface area contributed by atoms with Gasteiger partial charge in [-0.3, -0.25) is 14.4 Å². The van der Waals surface area contributed by atoms with Gasteiger partial charge in [-0.05, 0) is 49.9 Å². The minimum absolute atomic E-state index is 0.135. The molecule has 1 N–H and O–H groups in total. The zero-order valence-corrected chi connectivity index (χ0v) is 23.6. The minimum Gasteiger partial charge on any atom is -0.497 e. The zero-order valence-electron chi connectivity index (χ0n) is 23.6. The van der Waals surface area contributed by atoms with Crippen LogP contribution < -0.4 is 9.64 Å². The molecule has 0 aromatic heterocycles. The molecule has 0 aliphatic carbocycles. The number of ether oxygens (including phenoxy) is 2. The second-order valence-electron chi connectivity index (χ2n) is 11.4. The fraction of sp³-hybridized carbons (Fsp3) is 0.567. The number of hydrogen-bond acceptors (Lipinski definition) is 6. The van der Waals surface area contributed by atoms with Crippen molar-refractivity contribution in [3.8, 4) is 5.75 Å². The van der Waals surface area contributed by atoms with E-state index in [0.717, 1.165) is 0 Å². The van der Waals surface area contributed by atoms with Gasteiger partial charge in [-0.25, -0.2) is 0 Å². The van der Waals surface area contributed by atoms with Gasteiger partial charge >= 0.3 is 0 Å². The van der Waals surface area contributed by atoms with Gasteiger partial charge in [-0.2, -0.15) is 0 Å². The van der Waals surface area contributed by atoms with Crippen molar-refractivity contribution in [1.29, 1.82) is 0 Å². The number of aliphatic hydroxyl groups is 1. The van der Waals surface area contributed by atoms with Crippen LogP contribution in [0.1, 0.15) is 33.6 Å². The number of amides is 3. The molecule has 0 radical (unpaired) electrons. The molecule has 39 heavy (non-hydrogen) atoms. The molecular formula is C30H41N3O6. The third kappa shape index (κ3) is 4.45. The Labute approximate surface area is 231 Å². The van der Waals surface area contributed by atoms with Crippen molar-refractivity contribution in [2.75, 3.05) is 38.8 Å². The number of hydrogen-bond donors (Lipinski definition) is 1. The Hall–Kier alpha value is -3.17. The SMILES string of the molecule is C=CCN(C)C(=O)[C@@H]1[C@H]2C(=O)N([C@@H](CO)C(C)C)C(C(=O)N(CC=C)c3ccc(OC)cc3)C23CC[C@@]1(C)O3. The highest BCUT2D eigenvalue weighted by atomic mass is 16.5. The number of likely N-dealkylation sites (N-methyl/N-ethyl adjacent to an activating group) is 1. The van der Waals surface area contributed by atoms with Crippen LogP contribution in [0.5, 0.6) is 5.75 Å². The Morgan fingerprint density at radius 3 is 2.36 bits per heavy atom. The monoisotopic (exact) mass is 539 g/mol. The number of nitrogens with zero attached hydrogens (tertiary/aromatic N) is 3. The molecule has 2 unspecified atom stereocenters. The number of carbonyl (C=O) groups is 3. The van der Waals surface area contributed by atoms with Gasteiger partial charge < -0.3 is 29.3 Å². The standard InChI is InChI=1S/C30H41N3O6/c1-8-16-31(6)26(35)23-24-27(36)33(22(18-34)19(3)4)25(30(24)15-14-29(23,5)39-30)28(37)32(17-9-2)20-10-12-21(38-7)13-11-20/h8-13,19,22-25,34H,1-2,14-18H2,3-7H3/t22-,23-,24-,25?,29+,30?/m0/s1. The first-order valence-corrected chi connectivity index (χ1v) is 13.6. The van der Waals surface area contributed by atoms with Crippen molar-refractivity contribution >= 4 is 23.4 Å². The fourth-order valence-corrected chi connectivity index (χ4v) is 6.88. The van der Waals surface area contributed by atoms with Crippen LogP contribution in [0.25, 0.3) is 0 Å². The van der Waals surface area contributed by atoms with Crippen LogP contribution in [0.4, 0.5) is 5.69 Å². The predicted molar refractivity (Wildman–Crippen MR) is 148 cm³/mol. The first-order chi connectivity index (χ1) is 18.5. The fourth-order valence-electron chi connectivity index (χ4n) is 6.88. The van der Waals surface area contributed by atoms with Crippen molar-refractivity contribution in [1.82, 2.24) is 9.80 Å². The smallest absolute Gasteiger partial charge is 0.253 e. The van der Waals surface area contributed by atoms with E-state index in [9.17, 15) is 19.5 Å². The largest absolute Gasteiger partial charge is 0.497 e. The summed E-state index contributed by atoms with van der Waals surface area (Å²) in [4.78, 5) is 47.4. The van der Waals surface area contributed by atoms with E-state index in [2.05, 4.69) is 13.2 Å². The summed E-state index contributed by atoms with van der Waals surface area (Å²) in [6.45, 7) is 13.5. The Balaban J connectivity index is 1.85. The highest BCUT2D eigenvalue weighted by Crippen LogP contribution is 2.64. The van der Waals surface area contributed by atoms with Crippen LogP contribution >= 0.6 is 0 Å². The number of aliphatic hydroxyl groups excluding tert-OH is 1. The third-order valence-corrected chi connectivity index (χ3v) is 8.77. The molecule has 6 atom stereocenters. The molecule has 3 aliphatic heterocycles. The van der Waals surface area contributed by atoms with E-state index in [1.54, 1.807) is 60.4 Å². The Bertz CT molecular complexity index is 1140. The van der Waals surface area contributed by atoms with Gasteiger partial charge in [0.05, 0.1) is 37.2 Å². The summed E-state index contributed by atoms with van der Waals surface area (Å²) in [6.07, 6.45) is 4.28. The Morgan fingerprint density at radius 1 is 1.18 bits per heavy atom. The topological polar surface area (TPSA) is 99.6 Å². The van der Waals surface area contributed by atoms with Crippen LogP contribution in [-0.4, -0.2) is 89.8 Å². The van der Waals surface area contributed by atoms with Crippen LogP contribution in [0.15, 0.2) is 49.6 Å². The molecule has 3 aliphatic rings. The molecule has 3 fully saturated rings. The van der Waals surface area contributed by atoms with Crippen molar-refractivity contribution in [3.05, 3.63) is 49.6 Å². The first kappa shape index (κ1) is 28.8. The summed E-state index contributed by atoms with van der Waals surface area (Å²) in [5.41, 5.74) is -1.45. The average molecular weight is 540 g/mol. The normalized spacial score (nSPS) is 29.8. The van der Waals surface area contributed by atoms with Gasteiger partial charge in [-0.15, -0.1) is 13.2 Å². The maximum atomic E-state index is 14.6. The summed E-state index contributed by atoms with van der Waals surface area (Å²) in [6, 6.07) is 5.47. The number of carbonyl (C=O) groups excluding carboxylic acids is 3. The second-order valence-corrected chi connectivity index (χ2v) is 11.4. The van der Waals surface area contributed by atoms with E-state index in [4.69, 9.17) is 9.47 Å². The van der Waals surface area contributed by atoms with E-state index >= 15 is 0 Å². The van der Waals surface area contributed by atoms with E-state index in [1.165, 1.54) is 4.90 Å². The molecule has 3 amide bonds. The van der Waals surface area contributed by atoms with Crippen LogP contribution in [0.3, 0.4) is 0 Å². The van der Waals surface area contributed by atoms with Crippen molar-refractivity contribution in [2.45, 2.75) is 56.9 Å². The lowest BCUT2D eigenvalue weighted by molar-refractivity contribution is -0.152. The summed E-state index contributed by atoms with van der Waals surface area (Å²) < 4.78 is 12.0. The maximum absolute atomic E-state index is 14.6. The molecule has 4 rings (SSSR count). The molecule has 3 heterocycles. The number of fused-ring (bicyclic) bond motifs is 1. The summed E-state index contributed by atoms with van der Waals surface area (Å²) in [7, 11) is 3.26. The lowest BCUT2D eigenvalue weighted by Gasteiger charge is -2.40. The molecule has 9 heteroatoms. The average Bonchev–Trinajstić information content (AvgIpc) is 3.48. The number of anilines is 1. The molecule has 9 nitrogen and oxygen atoms in total. The number of methoxy groups -OCH3 is 1. The van der Waals surface area contributed by atoms with Gasteiger partial charge in [0.25, 0.3) is 5.91 Å². The predicted octanol–water partition coefficient (Wildman–Crippen LogP) is 2.64. The minimum atomic E-state index is -1.19. The van der Waals surface area contributed by atoms with E-state index in [-0.39, 0.29) is 36.8 Å². The lowest BCUT2D eigenvalue weighted by atomic mass is 9.66. The third-order valence-electron chi connectivity index (χ3n) is 8.77. The van der Waals surface area contributed by atoms with Crippen molar-refractivity contribution in [2.24, 2.45) is 17.8 Å². The van der Waals surface area contributed by atoms with E-state index < -0.39 is 35.1 Å². The second kappa shape index (κ2) is 10.8. The molecular weight excluding hydrogens is 498 g/mol. The van der Waals surface area contributed by atoms with Gasteiger partial charge in [-0.1, -0.05) is 26.0 Å². The molecule has 1 aromatic rings.